The maximum Gasteiger partial charge on any atom is 0.118 e. The Hall–Kier alpha value is -1.06. The maximum atomic E-state index is 5.21. The highest BCUT2D eigenvalue weighted by molar-refractivity contribution is 5.33. The molecule has 3 unspecified atom stereocenters. The Kier molecular flexibility index (Phi) is 3.27. The summed E-state index contributed by atoms with van der Waals surface area (Å²) >= 11 is 0. The Labute approximate surface area is 109 Å². The summed E-state index contributed by atoms with van der Waals surface area (Å²) in [7, 11) is 3.98. The van der Waals surface area contributed by atoms with Crippen molar-refractivity contribution in [1.29, 1.82) is 0 Å². The van der Waals surface area contributed by atoms with Crippen LogP contribution in [0.3, 0.4) is 0 Å². The molecule has 3 atom stereocenters. The van der Waals surface area contributed by atoms with Gasteiger partial charge in [-0.05, 0) is 43.0 Å². The highest BCUT2D eigenvalue weighted by atomic mass is 16.5. The molecule has 0 bridgehead atoms. The van der Waals surface area contributed by atoms with Crippen LogP contribution in [0.15, 0.2) is 24.3 Å². The predicted octanol–water partition coefficient (Wildman–Crippen LogP) is 1.70. The monoisotopic (exact) mass is 246 g/mol. The number of benzene rings is 1. The minimum Gasteiger partial charge on any atom is -0.497 e. The lowest BCUT2D eigenvalue weighted by Crippen LogP contribution is -2.50. The fourth-order valence-corrected chi connectivity index (χ4v) is 3.18. The van der Waals surface area contributed by atoms with Crippen LogP contribution in [0.4, 0.5) is 0 Å². The van der Waals surface area contributed by atoms with Gasteiger partial charge >= 0.3 is 0 Å². The topological polar surface area (TPSA) is 24.5 Å². The third kappa shape index (κ3) is 2.25. The van der Waals surface area contributed by atoms with Crippen molar-refractivity contribution in [2.45, 2.75) is 18.4 Å². The largest absolute Gasteiger partial charge is 0.497 e. The van der Waals surface area contributed by atoms with Gasteiger partial charge in [-0.2, -0.15) is 0 Å². The first-order valence-electron chi connectivity index (χ1n) is 6.84. The van der Waals surface area contributed by atoms with Crippen LogP contribution in [0.1, 0.15) is 17.9 Å². The summed E-state index contributed by atoms with van der Waals surface area (Å²) in [5.74, 6) is 2.53. The van der Waals surface area contributed by atoms with Crippen molar-refractivity contribution in [3.63, 3.8) is 0 Å². The first-order valence-corrected chi connectivity index (χ1v) is 6.84. The molecule has 1 saturated heterocycles. The first kappa shape index (κ1) is 12.0. The van der Waals surface area contributed by atoms with E-state index in [2.05, 4.69) is 41.5 Å². The Balaban J connectivity index is 1.65. The fraction of sp³-hybridized carbons (Fsp3) is 0.600. The number of piperazine rings is 1. The highest BCUT2D eigenvalue weighted by Gasteiger charge is 2.45. The summed E-state index contributed by atoms with van der Waals surface area (Å²) in [5.41, 5.74) is 1.47. The summed E-state index contributed by atoms with van der Waals surface area (Å²) in [5, 5.41) is 3.52. The van der Waals surface area contributed by atoms with E-state index in [0.717, 1.165) is 30.7 Å². The molecule has 1 aliphatic heterocycles. The Bertz CT molecular complexity index is 403. The third-order valence-corrected chi connectivity index (χ3v) is 4.44. The van der Waals surface area contributed by atoms with Crippen molar-refractivity contribution < 1.29 is 4.74 Å². The molecule has 3 heteroatoms. The van der Waals surface area contributed by atoms with E-state index in [0.29, 0.717) is 6.04 Å². The Morgan fingerprint density at radius 2 is 2.06 bits per heavy atom. The van der Waals surface area contributed by atoms with E-state index in [1.807, 2.05) is 0 Å². The molecule has 1 heterocycles. The number of nitrogens with zero attached hydrogens (tertiary/aromatic N) is 1. The lowest BCUT2D eigenvalue weighted by atomic mass is 10.0. The van der Waals surface area contributed by atoms with Gasteiger partial charge in [0, 0.05) is 25.7 Å². The SMILES string of the molecule is COc1ccc(C2CC2C2CNCCN2C)cc1. The van der Waals surface area contributed by atoms with Crippen molar-refractivity contribution in [1.82, 2.24) is 10.2 Å². The molecule has 98 valence electrons. The first-order chi connectivity index (χ1) is 8.79. The average Bonchev–Trinajstić information content (AvgIpc) is 3.20. The highest BCUT2D eigenvalue weighted by Crippen LogP contribution is 2.50. The van der Waals surface area contributed by atoms with Gasteiger partial charge in [0.05, 0.1) is 7.11 Å². The van der Waals surface area contributed by atoms with Gasteiger partial charge in [0.25, 0.3) is 0 Å². The number of likely N-dealkylation sites (N-methyl/N-ethyl adjacent to an activating group) is 1. The van der Waals surface area contributed by atoms with Crippen LogP contribution < -0.4 is 10.1 Å². The van der Waals surface area contributed by atoms with E-state index in [4.69, 9.17) is 4.74 Å². The zero-order valence-corrected chi connectivity index (χ0v) is 11.2. The van der Waals surface area contributed by atoms with E-state index in [1.54, 1.807) is 7.11 Å². The van der Waals surface area contributed by atoms with Gasteiger partial charge in [0.1, 0.15) is 5.75 Å². The van der Waals surface area contributed by atoms with E-state index in [-0.39, 0.29) is 0 Å². The third-order valence-electron chi connectivity index (χ3n) is 4.44. The standard InChI is InChI=1S/C15H22N2O/c1-17-8-7-16-10-15(17)14-9-13(14)11-3-5-12(18-2)6-4-11/h3-6,13-16H,7-10H2,1-2H3. The van der Waals surface area contributed by atoms with E-state index in [9.17, 15) is 0 Å². The van der Waals surface area contributed by atoms with Crippen LogP contribution in [-0.2, 0) is 0 Å². The van der Waals surface area contributed by atoms with E-state index in [1.165, 1.54) is 18.5 Å². The Morgan fingerprint density at radius 3 is 2.72 bits per heavy atom. The molecule has 3 nitrogen and oxygen atoms in total. The van der Waals surface area contributed by atoms with E-state index < -0.39 is 0 Å². The van der Waals surface area contributed by atoms with Crippen LogP contribution in [0.5, 0.6) is 5.75 Å². The molecular formula is C15H22N2O. The number of hydrogen-bond donors (Lipinski definition) is 1. The zero-order chi connectivity index (χ0) is 12.5. The minimum atomic E-state index is 0.714. The zero-order valence-electron chi connectivity index (χ0n) is 11.2. The van der Waals surface area contributed by atoms with Crippen molar-refractivity contribution in [2.24, 2.45) is 5.92 Å². The lowest BCUT2D eigenvalue weighted by Gasteiger charge is -2.33. The van der Waals surface area contributed by atoms with Gasteiger partial charge in [0.15, 0.2) is 0 Å². The second kappa shape index (κ2) is 4.90. The fourth-order valence-electron chi connectivity index (χ4n) is 3.18. The van der Waals surface area contributed by atoms with Gasteiger partial charge in [-0.15, -0.1) is 0 Å². The second-order valence-electron chi connectivity index (χ2n) is 5.53. The van der Waals surface area contributed by atoms with Gasteiger partial charge in [0.2, 0.25) is 0 Å². The summed E-state index contributed by atoms with van der Waals surface area (Å²) < 4.78 is 5.21. The van der Waals surface area contributed by atoms with Crippen LogP contribution in [0.25, 0.3) is 0 Å². The quantitative estimate of drug-likeness (QED) is 0.878. The number of rotatable bonds is 3. The molecule has 1 saturated carbocycles. The molecule has 2 aliphatic rings. The molecule has 0 amide bonds. The normalized spacial score (nSPS) is 32.2. The van der Waals surface area contributed by atoms with E-state index >= 15 is 0 Å². The van der Waals surface area contributed by atoms with Crippen molar-refractivity contribution in [3.8, 4) is 5.75 Å². The van der Waals surface area contributed by atoms with Crippen LogP contribution in [-0.4, -0.2) is 44.7 Å². The van der Waals surface area contributed by atoms with Gasteiger partial charge in [-0.1, -0.05) is 12.1 Å². The second-order valence-corrected chi connectivity index (χ2v) is 5.53. The summed E-state index contributed by atoms with van der Waals surface area (Å²) in [6.07, 6.45) is 1.34. The lowest BCUT2D eigenvalue weighted by molar-refractivity contribution is 0.178. The number of hydrogen-bond acceptors (Lipinski definition) is 3. The van der Waals surface area contributed by atoms with Crippen molar-refractivity contribution in [3.05, 3.63) is 29.8 Å². The molecule has 3 rings (SSSR count). The molecule has 0 spiro atoms. The Morgan fingerprint density at radius 1 is 1.28 bits per heavy atom. The smallest absolute Gasteiger partial charge is 0.118 e. The molecule has 1 aromatic rings. The minimum absolute atomic E-state index is 0.714. The molecule has 2 fully saturated rings. The van der Waals surface area contributed by atoms with Gasteiger partial charge < -0.3 is 15.0 Å². The number of ether oxygens (including phenoxy) is 1. The van der Waals surface area contributed by atoms with Crippen molar-refractivity contribution >= 4 is 0 Å². The van der Waals surface area contributed by atoms with Crippen LogP contribution >= 0.6 is 0 Å². The van der Waals surface area contributed by atoms with Gasteiger partial charge in [-0.3, -0.25) is 0 Å². The van der Waals surface area contributed by atoms with Crippen LogP contribution in [0, 0.1) is 5.92 Å². The van der Waals surface area contributed by atoms with Gasteiger partial charge in [-0.25, -0.2) is 0 Å². The average molecular weight is 246 g/mol. The molecule has 1 N–H and O–H groups in total. The molecule has 18 heavy (non-hydrogen) atoms. The molecule has 1 aromatic carbocycles. The summed E-state index contributed by atoms with van der Waals surface area (Å²) in [4.78, 5) is 2.52. The maximum absolute atomic E-state index is 5.21. The predicted molar refractivity (Wildman–Crippen MR) is 73.1 cm³/mol. The molecule has 0 radical (unpaired) electrons. The number of methoxy groups -OCH3 is 1. The molecule has 0 aromatic heterocycles. The summed E-state index contributed by atoms with van der Waals surface area (Å²) in [6, 6.07) is 9.31. The number of nitrogens with one attached hydrogen (secondary N) is 1. The molecular weight excluding hydrogens is 224 g/mol. The van der Waals surface area contributed by atoms with Crippen molar-refractivity contribution in [2.75, 3.05) is 33.8 Å². The van der Waals surface area contributed by atoms with Crippen LogP contribution in [0.2, 0.25) is 0 Å². The summed E-state index contributed by atoms with van der Waals surface area (Å²) in [6.45, 7) is 3.46. The molecule has 1 aliphatic carbocycles.